The van der Waals surface area contributed by atoms with Crippen LogP contribution in [0.1, 0.15) is 21.6 Å². The molecule has 0 aliphatic rings. The minimum atomic E-state index is -0.188. The van der Waals surface area contributed by atoms with Gasteiger partial charge in [-0.3, -0.25) is 9.78 Å². The summed E-state index contributed by atoms with van der Waals surface area (Å²) >= 11 is 5.96. The van der Waals surface area contributed by atoms with E-state index in [1.165, 1.54) is 0 Å². The summed E-state index contributed by atoms with van der Waals surface area (Å²) in [5.74, 6) is 0.471. The molecule has 0 saturated carbocycles. The van der Waals surface area contributed by atoms with Gasteiger partial charge in [0.15, 0.2) is 0 Å². The van der Waals surface area contributed by atoms with E-state index < -0.39 is 0 Å². The summed E-state index contributed by atoms with van der Waals surface area (Å²) in [5, 5.41) is 6.73. The third kappa shape index (κ3) is 4.55. The fourth-order valence-electron chi connectivity index (χ4n) is 2.28. The molecule has 1 aromatic carbocycles. The number of nitrogens with zero attached hydrogens (tertiary/aromatic N) is 2. The number of hydrogen-bond donors (Lipinski definition) is 2. The SMILES string of the molecule is Cc1cc(Cl)ccc1Nc1ccc(C(=O)NCc2ccccn2)cn1. The van der Waals surface area contributed by atoms with Crippen LogP contribution in [0.4, 0.5) is 11.5 Å². The van der Waals surface area contributed by atoms with Crippen LogP contribution in [0, 0.1) is 6.92 Å². The van der Waals surface area contributed by atoms with E-state index in [2.05, 4.69) is 20.6 Å². The maximum atomic E-state index is 12.2. The molecule has 5 nitrogen and oxygen atoms in total. The molecule has 126 valence electrons. The van der Waals surface area contributed by atoms with E-state index in [0.717, 1.165) is 16.9 Å². The summed E-state index contributed by atoms with van der Waals surface area (Å²) in [7, 11) is 0. The monoisotopic (exact) mass is 352 g/mol. The van der Waals surface area contributed by atoms with Crippen molar-refractivity contribution in [1.29, 1.82) is 0 Å². The van der Waals surface area contributed by atoms with Gasteiger partial charge in [-0.1, -0.05) is 17.7 Å². The molecule has 0 fully saturated rings. The lowest BCUT2D eigenvalue weighted by Crippen LogP contribution is -2.23. The van der Waals surface area contributed by atoms with Crippen LogP contribution in [0.3, 0.4) is 0 Å². The summed E-state index contributed by atoms with van der Waals surface area (Å²) in [6.07, 6.45) is 3.24. The van der Waals surface area contributed by atoms with Crippen LogP contribution in [0.15, 0.2) is 60.9 Å². The van der Waals surface area contributed by atoms with Gasteiger partial charge in [0, 0.05) is 23.1 Å². The molecule has 0 saturated heterocycles. The second kappa shape index (κ2) is 7.77. The molecule has 3 rings (SSSR count). The quantitative estimate of drug-likeness (QED) is 0.725. The van der Waals surface area contributed by atoms with Gasteiger partial charge in [-0.05, 0) is 55.0 Å². The van der Waals surface area contributed by atoms with Crippen LogP contribution < -0.4 is 10.6 Å². The van der Waals surface area contributed by atoms with E-state index >= 15 is 0 Å². The Morgan fingerprint density at radius 3 is 2.68 bits per heavy atom. The summed E-state index contributed by atoms with van der Waals surface area (Å²) in [6.45, 7) is 2.34. The number of rotatable bonds is 5. The van der Waals surface area contributed by atoms with Gasteiger partial charge in [-0.25, -0.2) is 4.98 Å². The fraction of sp³-hybridized carbons (Fsp3) is 0.105. The number of benzene rings is 1. The number of aryl methyl sites for hydroxylation is 1. The average Bonchev–Trinajstić information content (AvgIpc) is 2.63. The average molecular weight is 353 g/mol. The van der Waals surface area contributed by atoms with Gasteiger partial charge in [-0.2, -0.15) is 0 Å². The van der Waals surface area contributed by atoms with Crippen molar-refractivity contribution >= 4 is 29.0 Å². The van der Waals surface area contributed by atoms with Crippen molar-refractivity contribution in [1.82, 2.24) is 15.3 Å². The zero-order valence-electron chi connectivity index (χ0n) is 13.7. The third-order valence-corrected chi connectivity index (χ3v) is 3.87. The van der Waals surface area contributed by atoms with Crippen LogP contribution in [-0.2, 0) is 6.54 Å². The Morgan fingerprint density at radius 2 is 2.00 bits per heavy atom. The third-order valence-electron chi connectivity index (χ3n) is 3.63. The summed E-state index contributed by atoms with van der Waals surface area (Å²) in [4.78, 5) is 20.6. The van der Waals surface area contributed by atoms with Gasteiger partial charge in [0.25, 0.3) is 5.91 Å². The first-order chi connectivity index (χ1) is 12.1. The molecule has 2 aromatic heterocycles. The molecular weight excluding hydrogens is 336 g/mol. The van der Waals surface area contributed by atoms with Crippen molar-refractivity contribution in [2.45, 2.75) is 13.5 Å². The topological polar surface area (TPSA) is 66.9 Å². The molecule has 0 radical (unpaired) electrons. The van der Waals surface area contributed by atoms with E-state index in [1.807, 2.05) is 43.3 Å². The molecule has 0 atom stereocenters. The van der Waals surface area contributed by atoms with Gasteiger partial charge >= 0.3 is 0 Å². The highest BCUT2D eigenvalue weighted by molar-refractivity contribution is 6.30. The Balaban J connectivity index is 1.62. The van der Waals surface area contributed by atoms with Gasteiger partial charge in [0.05, 0.1) is 17.8 Å². The molecule has 0 aliphatic carbocycles. The Hall–Kier alpha value is -2.92. The highest BCUT2D eigenvalue weighted by Crippen LogP contribution is 2.22. The predicted octanol–water partition coefficient (Wildman–Crippen LogP) is 4.11. The number of carbonyl (C=O) groups is 1. The summed E-state index contributed by atoms with van der Waals surface area (Å²) < 4.78 is 0. The smallest absolute Gasteiger partial charge is 0.253 e. The first-order valence-corrected chi connectivity index (χ1v) is 8.17. The highest BCUT2D eigenvalue weighted by atomic mass is 35.5. The molecule has 3 aromatic rings. The van der Waals surface area contributed by atoms with E-state index in [4.69, 9.17) is 11.6 Å². The van der Waals surface area contributed by atoms with Gasteiger partial charge in [-0.15, -0.1) is 0 Å². The first kappa shape index (κ1) is 16.9. The van der Waals surface area contributed by atoms with Gasteiger partial charge < -0.3 is 10.6 Å². The number of carbonyl (C=O) groups excluding carboxylic acids is 1. The standard InChI is InChI=1S/C19H17ClN4O/c1-13-10-15(20)6-7-17(13)24-18-8-5-14(11-22-18)19(25)23-12-16-4-2-3-9-21-16/h2-11H,12H2,1H3,(H,22,24)(H,23,25). The zero-order chi connectivity index (χ0) is 17.6. The van der Waals surface area contributed by atoms with Crippen molar-refractivity contribution in [3.63, 3.8) is 0 Å². The first-order valence-electron chi connectivity index (χ1n) is 7.79. The number of amides is 1. The summed E-state index contributed by atoms with van der Waals surface area (Å²) in [6, 6.07) is 14.7. The van der Waals surface area contributed by atoms with Crippen LogP contribution in [0.2, 0.25) is 5.02 Å². The number of anilines is 2. The van der Waals surface area contributed by atoms with Gasteiger partial charge in [0.1, 0.15) is 5.82 Å². The Bertz CT molecular complexity index is 866. The second-order valence-electron chi connectivity index (χ2n) is 5.52. The lowest BCUT2D eigenvalue weighted by atomic mass is 10.2. The van der Waals surface area contributed by atoms with Crippen LogP contribution >= 0.6 is 11.6 Å². The van der Waals surface area contributed by atoms with Crippen LogP contribution in [0.25, 0.3) is 0 Å². The molecule has 2 heterocycles. The molecule has 0 bridgehead atoms. The van der Waals surface area contributed by atoms with E-state index in [-0.39, 0.29) is 5.91 Å². The maximum absolute atomic E-state index is 12.2. The highest BCUT2D eigenvalue weighted by Gasteiger charge is 2.07. The number of nitrogens with one attached hydrogen (secondary N) is 2. The predicted molar refractivity (Wildman–Crippen MR) is 99.1 cm³/mol. The Kier molecular flexibility index (Phi) is 5.26. The molecule has 0 unspecified atom stereocenters. The lowest BCUT2D eigenvalue weighted by molar-refractivity contribution is 0.0950. The van der Waals surface area contributed by atoms with Crippen molar-refractivity contribution in [2.75, 3.05) is 5.32 Å². The summed E-state index contributed by atoms with van der Waals surface area (Å²) in [5.41, 5.74) is 3.24. The van der Waals surface area contributed by atoms with Crippen molar-refractivity contribution < 1.29 is 4.79 Å². The Morgan fingerprint density at radius 1 is 1.12 bits per heavy atom. The number of pyridine rings is 2. The molecule has 6 heteroatoms. The van der Waals surface area contributed by atoms with E-state index in [0.29, 0.717) is 22.9 Å². The van der Waals surface area contributed by atoms with E-state index in [1.54, 1.807) is 24.5 Å². The molecule has 1 amide bonds. The number of halogens is 1. The van der Waals surface area contributed by atoms with E-state index in [9.17, 15) is 4.79 Å². The minimum Gasteiger partial charge on any atom is -0.346 e. The largest absolute Gasteiger partial charge is 0.346 e. The second-order valence-corrected chi connectivity index (χ2v) is 5.96. The normalized spacial score (nSPS) is 10.3. The van der Waals surface area contributed by atoms with Crippen LogP contribution in [-0.4, -0.2) is 15.9 Å². The maximum Gasteiger partial charge on any atom is 0.253 e. The fourth-order valence-corrected chi connectivity index (χ4v) is 2.51. The zero-order valence-corrected chi connectivity index (χ0v) is 14.4. The number of aromatic nitrogens is 2. The van der Waals surface area contributed by atoms with Crippen molar-refractivity contribution in [3.05, 3.63) is 82.8 Å². The molecule has 25 heavy (non-hydrogen) atoms. The Labute approximate surface area is 151 Å². The minimum absolute atomic E-state index is 0.188. The molecule has 2 N–H and O–H groups in total. The van der Waals surface area contributed by atoms with Crippen LogP contribution in [0.5, 0.6) is 0 Å². The lowest BCUT2D eigenvalue weighted by Gasteiger charge is -2.10. The molecular formula is C19H17ClN4O. The van der Waals surface area contributed by atoms with Gasteiger partial charge in [0.2, 0.25) is 0 Å². The molecule has 0 aliphatic heterocycles. The van der Waals surface area contributed by atoms with Crippen molar-refractivity contribution in [3.8, 4) is 0 Å². The molecule has 0 spiro atoms. The van der Waals surface area contributed by atoms with Crippen molar-refractivity contribution in [2.24, 2.45) is 0 Å². The number of hydrogen-bond acceptors (Lipinski definition) is 4.